The van der Waals surface area contributed by atoms with Gasteiger partial charge in [0, 0.05) is 12.3 Å². The van der Waals surface area contributed by atoms with Gasteiger partial charge in [-0.2, -0.15) is 11.8 Å². The molecule has 0 aromatic heterocycles. The summed E-state index contributed by atoms with van der Waals surface area (Å²) < 4.78 is 0. The van der Waals surface area contributed by atoms with Crippen molar-refractivity contribution in [3.63, 3.8) is 0 Å². The van der Waals surface area contributed by atoms with Crippen LogP contribution in [0.1, 0.15) is 44.9 Å². The lowest BCUT2D eigenvalue weighted by Crippen LogP contribution is -2.37. The molecule has 1 aliphatic carbocycles. The number of nitrogens with two attached hydrogens (primary N) is 1. The van der Waals surface area contributed by atoms with Gasteiger partial charge in [0.2, 0.25) is 0 Å². The highest BCUT2D eigenvalue weighted by molar-refractivity contribution is 7.99. The third kappa shape index (κ3) is 4.15. The van der Waals surface area contributed by atoms with Crippen LogP contribution in [0.25, 0.3) is 0 Å². The van der Waals surface area contributed by atoms with Gasteiger partial charge < -0.3 is 10.6 Å². The van der Waals surface area contributed by atoms with Crippen molar-refractivity contribution in [1.29, 1.82) is 0 Å². The molecule has 17 heavy (non-hydrogen) atoms. The summed E-state index contributed by atoms with van der Waals surface area (Å²) in [5.74, 6) is 2.69. The van der Waals surface area contributed by atoms with Crippen molar-refractivity contribution in [1.82, 2.24) is 4.90 Å². The van der Waals surface area contributed by atoms with Crippen LogP contribution in [0.5, 0.6) is 0 Å². The predicted octanol–water partition coefficient (Wildman–Crippen LogP) is 2.72. The molecule has 1 saturated carbocycles. The average molecular weight is 256 g/mol. The second kappa shape index (κ2) is 7.01. The van der Waals surface area contributed by atoms with Gasteiger partial charge in [-0.3, -0.25) is 0 Å². The van der Waals surface area contributed by atoms with Gasteiger partial charge in [-0.15, -0.1) is 0 Å². The maximum absolute atomic E-state index is 6.06. The molecule has 1 aliphatic heterocycles. The molecule has 3 heteroatoms. The minimum atomic E-state index is 0.498. The van der Waals surface area contributed by atoms with Gasteiger partial charge in [-0.1, -0.05) is 19.3 Å². The quantitative estimate of drug-likeness (QED) is 0.838. The molecule has 0 radical (unpaired) electrons. The molecule has 0 spiro atoms. The minimum Gasteiger partial charge on any atom is -0.330 e. The molecule has 0 aromatic rings. The van der Waals surface area contributed by atoms with E-state index in [-0.39, 0.29) is 0 Å². The summed E-state index contributed by atoms with van der Waals surface area (Å²) in [6.07, 6.45) is 9.73. The van der Waals surface area contributed by atoms with Crippen molar-refractivity contribution in [3.05, 3.63) is 0 Å². The normalized spacial score (nSPS) is 26.6. The van der Waals surface area contributed by atoms with E-state index in [1.165, 1.54) is 76.1 Å². The monoisotopic (exact) mass is 256 g/mol. The molecule has 2 nitrogen and oxygen atoms in total. The molecule has 100 valence electrons. The fraction of sp³-hybridized carbons (Fsp3) is 1.00. The summed E-state index contributed by atoms with van der Waals surface area (Å²) in [5.41, 5.74) is 6.56. The van der Waals surface area contributed by atoms with E-state index in [2.05, 4.69) is 16.7 Å². The second-order valence-corrected chi connectivity index (χ2v) is 7.05. The maximum atomic E-state index is 6.06. The SMILES string of the molecule is NCC1(CCN2CCCSCC2)CCCCC1. The van der Waals surface area contributed by atoms with Crippen molar-refractivity contribution in [2.45, 2.75) is 44.9 Å². The molecular formula is C14H28N2S. The first-order valence-corrected chi connectivity index (χ1v) is 8.50. The van der Waals surface area contributed by atoms with Gasteiger partial charge in [0.1, 0.15) is 0 Å². The zero-order valence-electron chi connectivity index (χ0n) is 11.1. The summed E-state index contributed by atoms with van der Waals surface area (Å²) >= 11 is 2.12. The molecule has 2 fully saturated rings. The first kappa shape index (κ1) is 13.7. The number of thioether (sulfide) groups is 1. The van der Waals surface area contributed by atoms with E-state index in [0.29, 0.717) is 5.41 Å². The highest BCUT2D eigenvalue weighted by Gasteiger charge is 2.30. The standard InChI is InChI=1S/C14H28N2S/c15-13-14(5-2-1-3-6-14)7-9-16-8-4-11-17-12-10-16/h1-13,15H2. The van der Waals surface area contributed by atoms with Gasteiger partial charge in [0.25, 0.3) is 0 Å². The van der Waals surface area contributed by atoms with E-state index >= 15 is 0 Å². The molecule has 2 N–H and O–H groups in total. The van der Waals surface area contributed by atoms with Crippen LogP contribution in [-0.2, 0) is 0 Å². The molecular weight excluding hydrogens is 228 g/mol. The molecule has 1 heterocycles. The molecule has 0 atom stereocenters. The summed E-state index contributed by atoms with van der Waals surface area (Å²) in [6.45, 7) is 4.81. The van der Waals surface area contributed by atoms with Crippen LogP contribution in [0, 0.1) is 5.41 Å². The van der Waals surface area contributed by atoms with Crippen LogP contribution >= 0.6 is 11.8 Å². The lowest BCUT2D eigenvalue weighted by Gasteiger charge is -2.38. The summed E-state index contributed by atoms with van der Waals surface area (Å²) in [5, 5.41) is 0. The largest absolute Gasteiger partial charge is 0.330 e. The van der Waals surface area contributed by atoms with E-state index < -0.39 is 0 Å². The van der Waals surface area contributed by atoms with Crippen molar-refractivity contribution in [3.8, 4) is 0 Å². The van der Waals surface area contributed by atoms with Crippen LogP contribution in [0.15, 0.2) is 0 Å². The van der Waals surface area contributed by atoms with Crippen molar-refractivity contribution < 1.29 is 0 Å². The number of nitrogens with zero attached hydrogens (tertiary/aromatic N) is 1. The lowest BCUT2D eigenvalue weighted by atomic mass is 9.72. The highest BCUT2D eigenvalue weighted by Crippen LogP contribution is 2.38. The molecule has 0 unspecified atom stereocenters. The maximum Gasteiger partial charge on any atom is 0.00723 e. The summed E-state index contributed by atoms with van der Waals surface area (Å²) in [4.78, 5) is 2.67. The fourth-order valence-electron chi connectivity index (χ4n) is 3.27. The van der Waals surface area contributed by atoms with Gasteiger partial charge in [0.05, 0.1) is 0 Å². The Hall–Kier alpha value is 0.270. The first-order chi connectivity index (χ1) is 8.35. The molecule has 2 rings (SSSR count). The highest BCUT2D eigenvalue weighted by atomic mass is 32.2. The Morgan fingerprint density at radius 2 is 1.82 bits per heavy atom. The minimum absolute atomic E-state index is 0.498. The Bertz CT molecular complexity index is 206. The zero-order valence-corrected chi connectivity index (χ0v) is 11.9. The van der Waals surface area contributed by atoms with E-state index in [9.17, 15) is 0 Å². The Balaban J connectivity index is 1.77. The number of rotatable bonds is 4. The molecule has 0 bridgehead atoms. The van der Waals surface area contributed by atoms with Crippen LogP contribution in [0.2, 0.25) is 0 Å². The third-order valence-corrected chi connectivity index (χ3v) is 5.67. The summed E-state index contributed by atoms with van der Waals surface area (Å²) in [6, 6.07) is 0. The Morgan fingerprint density at radius 3 is 2.59 bits per heavy atom. The van der Waals surface area contributed by atoms with Crippen LogP contribution in [0.3, 0.4) is 0 Å². The summed E-state index contributed by atoms with van der Waals surface area (Å²) in [7, 11) is 0. The molecule has 0 aromatic carbocycles. The van der Waals surface area contributed by atoms with Gasteiger partial charge in [-0.05, 0) is 56.5 Å². The Morgan fingerprint density at radius 1 is 1.00 bits per heavy atom. The van der Waals surface area contributed by atoms with Crippen molar-refractivity contribution >= 4 is 11.8 Å². The van der Waals surface area contributed by atoms with Crippen molar-refractivity contribution in [2.24, 2.45) is 11.1 Å². The van der Waals surface area contributed by atoms with Crippen LogP contribution in [-0.4, -0.2) is 42.6 Å². The smallest absolute Gasteiger partial charge is 0.00723 e. The number of hydrogen-bond donors (Lipinski definition) is 1. The predicted molar refractivity (Wildman–Crippen MR) is 77.6 cm³/mol. The second-order valence-electron chi connectivity index (χ2n) is 5.82. The Kier molecular flexibility index (Phi) is 5.64. The average Bonchev–Trinajstić information content (AvgIpc) is 2.66. The molecule has 2 aliphatic rings. The zero-order chi connectivity index (χ0) is 12.0. The molecule has 0 amide bonds. The van der Waals surface area contributed by atoms with E-state index in [1.54, 1.807) is 0 Å². The van der Waals surface area contributed by atoms with Gasteiger partial charge >= 0.3 is 0 Å². The van der Waals surface area contributed by atoms with Gasteiger partial charge in [0.15, 0.2) is 0 Å². The topological polar surface area (TPSA) is 29.3 Å². The Labute approximate surface area is 111 Å². The third-order valence-electron chi connectivity index (χ3n) is 4.62. The van der Waals surface area contributed by atoms with Crippen LogP contribution in [0.4, 0.5) is 0 Å². The fourth-order valence-corrected chi connectivity index (χ4v) is 4.20. The lowest BCUT2D eigenvalue weighted by molar-refractivity contribution is 0.150. The van der Waals surface area contributed by atoms with E-state index in [1.807, 2.05) is 0 Å². The molecule has 1 saturated heterocycles. The van der Waals surface area contributed by atoms with E-state index in [0.717, 1.165) is 6.54 Å². The number of hydrogen-bond acceptors (Lipinski definition) is 3. The first-order valence-electron chi connectivity index (χ1n) is 7.35. The van der Waals surface area contributed by atoms with Crippen LogP contribution < -0.4 is 5.73 Å². The van der Waals surface area contributed by atoms with E-state index in [4.69, 9.17) is 5.73 Å². The van der Waals surface area contributed by atoms with Gasteiger partial charge in [-0.25, -0.2) is 0 Å². The van der Waals surface area contributed by atoms with Crippen molar-refractivity contribution in [2.75, 3.05) is 37.7 Å².